The maximum absolute atomic E-state index is 12.9. The number of nitrogens with zero attached hydrogens (tertiary/aromatic N) is 2. The number of nitrogens with one attached hydrogen (secondary N) is 2. The molecule has 8 heteroatoms. The summed E-state index contributed by atoms with van der Waals surface area (Å²) in [5, 5.41) is 16.3. The minimum absolute atomic E-state index is 0.00202. The first kappa shape index (κ1) is 24.1. The molecule has 34 heavy (non-hydrogen) atoms. The van der Waals surface area contributed by atoms with E-state index in [1.54, 1.807) is 48.5 Å². The molecular formula is C26H26N4O4. The third-order valence-corrected chi connectivity index (χ3v) is 4.83. The third-order valence-electron chi connectivity index (χ3n) is 4.83. The SMILES string of the molecule is COc1cc(/C=N\NC(=O)/C(=C\c2ccc(N(C)C)cc2)NC(=O)c2ccccc2)ccc1O. The summed E-state index contributed by atoms with van der Waals surface area (Å²) in [5.74, 6) is -0.730. The molecule has 0 aliphatic carbocycles. The Balaban J connectivity index is 1.81. The van der Waals surface area contributed by atoms with Crippen molar-refractivity contribution in [1.82, 2.24) is 10.7 Å². The maximum atomic E-state index is 12.9. The third kappa shape index (κ3) is 6.46. The summed E-state index contributed by atoms with van der Waals surface area (Å²) in [4.78, 5) is 27.5. The van der Waals surface area contributed by atoms with E-state index < -0.39 is 11.8 Å². The van der Waals surface area contributed by atoms with E-state index in [9.17, 15) is 14.7 Å². The lowest BCUT2D eigenvalue weighted by atomic mass is 10.1. The van der Waals surface area contributed by atoms with Crippen LogP contribution in [0.25, 0.3) is 6.08 Å². The highest BCUT2D eigenvalue weighted by Crippen LogP contribution is 2.25. The van der Waals surface area contributed by atoms with E-state index in [4.69, 9.17) is 4.74 Å². The molecule has 3 rings (SSSR count). The van der Waals surface area contributed by atoms with Crippen LogP contribution in [0.5, 0.6) is 11.5 Å². The van der Waals surface area contributed by atoms with Crippen LogP contribution >= 0.6 is 0 Å². The lowest BCUT2D eigenvalue weighted by Crippen LogP contribution is -2.32. The van der Waals surface area contributed by atoms with Crippen LogP contribution in [0.1, 0.15) is 21.5 Å². The van der Waals surface area contributed by atoms with Crippen LogP contribution in [0.15, 0.2) is 83.6 Å². The van der Waals surface area contributed by atoms with Gasteiger partial charge in [0.25, 0.3) is 11.8 Å². The normalized spacial score (nSPS) is 11.2. The van der Waals surface area contributed by atoms with Gasteiger partial charge in [0.05, 0.1) is 13.3 Å². The quantitative estimate of drug-likeness (QED) is 0.273. The van der Waals surface area contributed by atoms with Crippen molar-refractivity contribution in [3.05, 3.63) is 95.2 Å². The molecule has 0 aromatic heterocycles. The lowest BCUT2D eigenvalue weighted by Gasteiger charge is -2.12. The number of benzene rings is 3. The summed E-state index contributed by atoms with van der Waals surface area (Å²) in [6, 6.07) is 20.8. The van der Waals surface area contributed by atoms with E-state index in [0.717, 1.165) is 11.3 Å². The Hall–Kier alpha value is -4.59. The highest BCUT2D eigenvalue weighted by molar-refractivity contribution is 6.05. The fraction of sp³-hybridized carbons (Fsp3) is 0.115. The zero-order valence-corrected chi connectivity index (χ0v) is 19.1. The lowest BCUT2D eigenvalue weighted by molar-refractivity contribution is -0.117. The van der Waals surface area contributed by atoms with Gasteiger partial charge in [-0.05, 0) is 59.7 Å². The predicted molar refractivity (Wildman–Crippen MR) is 133 cm³/mol. The van der Waals surface area contributed by atoms with Gasteiger partial charge in [0.15, 0.2) is 11.5 Å². The van der Waals surface area contributed by atoms with Crippen LogP contribution in [-0.4, -0.2) is 44.3 Å². The Labute approximate surface area is 198 Å². The molecule has 0 saturated heterocycles. The second kappa shape index (κ2) is 11.3. The maximum Gasteiger partial charge on any atom is 0.287 e. The second-order valence-electron chi connectivity index (χ2n) is 7.49. The molecule has 0 spiro atoms. The second-order valence-corrected chi connectivity index (χ2v) is 7.49. The molecule has 0 fully saturated rings. The van der Waals surface area contributed by atoms with Crippen molar-refractivity contribution in [1.29, 1.82) is 0 Å². The van der Waals surface area contributed by atoms with Gasteiger partial charge in [-0.25, -0.2) is 5.43 Å². The molecule has 0 atom stereocenters. The molecule has 3 aromatic rings. The van der Waals surface area contributed by atoms with Crippen LogP contribution < -0.4 is 20.4 Å². The molecule has 0 saturated carbocycles. The number of phenolic OH excluding ortho intramolecular Hbond substituents is 1. The number of carbonyl (C=O) groups excluding carboxylic acids is 2. The monoisotopic (exact) mass is 458 g/mol. The Morgan fingerprint density at radius 1 is 0.971 bits per heavy atom. The number of rotatable bonds is 8. The highest BCUT2D eigenvalue weighted by Gasteiger charge is 2.14. The Bertz CT molecular complexity index is 1200. The number of hydrogen-bond donors (Lipinski definition) is 3. The topological polar surface area (TPSA) is 103 Å². The van der Waals surface area contributed by atoms with Gasteiger partial charge >= 0.3 is 0 Å². The average molecular weight is 459 g/mol. The van der Waals surface area contributed by atoms with Crippen molar-refractivity contribution in [3.8, 4) is 11.5 Å². The van der Waals surface area contributed by atoms with E-state index in [1.807, 2.05) is 43.3 Å². The molecule has 0 radical (unpaired) electrons. The number of hydrogen-bond acceptors (Lipinski definition) is 6. The van der Waals surface area contributed by atoms with E-state index in [1.165, 1.54) is 19.4 Å². The van der Waals surface area contributed by atoms with Crippen LogP contribution in [0.3, 0.4) is 0 Å². The van der Waals surface area contributed by atoms with E-state index in [2.05, 4.69) is 15.8 Å². The van der Waals surface area contributed by atoms with Crippen molar-refractivity contribution in [2.24, 2.45) is 5.10 Å². The van der Waals surface area contributed by atoms with Crippen LogP contribution in [0, 0.1) is 0 Å². The van der Waals surface area contributed by atoms with Gasteiger partial charge in [-0.15, -0.1) is 0 Å². The first-order chi connectivity index (χ1) is 16.4. The van der Waals surface area contributed by atoms with Gasteiger partial charge in [0.1, 0.15) is 5.70 Å². The minimum Gasteiger partial charge on any atom is -0.504 e. The van der Waals surface area contributed by atoms with Crippen LogP contribution in [0.4, 0.5) is 5.69 Å². The van der Waals surface area contributed by atoms with E-state index >= 15 is 0 Å². The van der Waals surface area contributed by atoms with Gasteiger partial charge in [0.2, 0.25) is 0 Å². The van der Waals surface area contributed by atoms with Crippen molar-refractivity contribution in [2.45, 2.75) is 0 Å². The number of carbonyl (C=O) groups is 2. The average Bonchev–Trinajstić information content (AvgIpc) is 2.85. The number of hydrazone groups is 1. The molecule has 0 heterocycles. The molecule has 3 aromatic carbocycles. The van der Waals surface area contributed by atoms with Gasteiger partial charge in [-0.1, -0.05) is 30.3 Å². The van der Waals surface area contributed by atoms with Gasteiger partial charge in [-0.3, -0.25) is 9.59 Å². The Morgan fingerprint density at radius 2 is 1.65 bits per heavy atom. The number of methoxy groups -OCH3 is 1. The fourth-order valence-electron chi connectivity index (χ4n) is 2.98. The molecule has 0 unspecified atom stereocenters. The molecule has 174 valence electrons. The van der Waals surface area contributed by atoms with Gasteiger partial charge in [0, 0.05) is 25.3 Å². The van der Waals surface area contributed by atoms with Crippen molar-refractivity contribution >= 4 is 29.8 Å². The Kier molecular flexibility index (Phi) is 8.02. The van der Waals surface area contributed by atoms with Gasteiger partial charge < -0.3 is 20.1 Å². The van der Waals surface area contributed by atoms with Crippen LogP contribution in [0.2, 0.25) is 0 Å². The van der Waals surface area contributed by atoms with E-state index in [-0.39, 0.29) is 17.2 Å². The summed E-state index contributed by atoms with van der Waals surface area (Å²) in [6.07, 6.45) is 2.98. The number of aromatic hydroxyl groups is 1. The fourth-order valence-corrected chi connectivity index (χ4v) is 2.98. The highest BCUT2D eigenvalue weighted by atomic mass is 16.5. The van der Waals surface area contributed by atoms with Gasteiger partial charge in [-0.2, -0.15) is 5.10 Å². The number of anilines is 1. The molecule has 2 amide bonds. The number of amides is 2. The standard InChI is InChI=1S/C26H26N4O4/c1-30(2)21-12-9-18(10-13-21)15-22(28-25(32)20-7-5-4-6-8-20)26(33)29-27-17-19-11-14-23(31)24(16-19)34-3/h4-17,31H,1-3H3,(H,28,32)(H,29,33)/b22-15+,27-17-. The smallest absolute Gasteiger partial charge is 0.287 e. The number of ether oxygens (including phenoxy) is 1. The van der Waals surface area contributed by atoms with Crippen molar-refractivity contribution in [3.63, 3.8) is 0 Å². The molecule has 3 N–H and O–H groups in total. The molecule has 0 aliphatic heterocycles. The zero-order valence-electron chi connectivity index (χ0n) is 19.1. The first-order valence-corrected chi connectivity index (χ1v) is 10.4. The molecule has 0 bridgehead atoms. The van der Waals surface area contributed by atoms with Crippen molar-refractivity contribution in [2.75, 3.05) is 26.1 Å². The first-order valence-electron chi connectivity index (χ1n) is 10.4. The van der Waals surface area contributed by atoms with Crippen LogP contribution in [-0.2, 0) is 4.79 Å². The summed E-state index contributed by atoms with van der Waals surface area (Å²) < 4.78 is 5.07. The predicted octanol–water partition coefficient (Wildman–Crippen LogP) is 3.39. The minimum atomic E-state index is -0.594. The molecule has 0 aliphatic rings. The molecule has 8 nitrogen and oxygen atoms in total. The summed E-state index contributed by atoms with van der Waals surface area (Å²) in [7, 11) is 5.31. The largest absolute Gasteiger partial charge is 0.504 e. The summed E-state index contributed by atoms with van der Waals surface area (Å²) >= 11 is 0. The van der Waals surface area contributed by atoms with Crippen molar-refractivity contribution < 1.29 is 19.4 Å². The zero-order chi connectivity index (χ0) is 24.5. The number of phenols is 1. The summed E-state index contributed by atoms with van der Waals surface area (Å²) in [6.45, 7) is 0. The molecular weight excluding hydrogens is 432 g/mol. The summed E-state index contributed by atoms with van der Waals surface area (Å²) in [5.41, 5.74) is 5.22. The Morgan fingerprint density at radius 3 is 2.29 bits per heavy atom. The van der Waals surface area contributed by atoms with E-state index in [0.29, 0.717) is 11.1 Å².